The highest BCUT2D eigenvalue weighted by Crippen LogP contribution is 2.29. The van der Waals surface area contributed by atoms with Gasteiger partial charge >= 0.3 is 0 Å². The molecule has 0 aromatic heterocycles. The van der Waals surface area contributed by atoms with Crippen LogP contribution in [0.4, 0.5) is 5.69 Å². The van der Waals surface area contributed by atoms with Gasteiger partial charge in [-0.25, -0.2) is 8.42 Å². The van der Waals surface area contributed by atoms with E-state index in [9.17, 15) is 18.0 Å². The quantitative estimate of drug-likeness (QED) is 0.338. The van der Waals surface area contributed by atoms with Crippen molar-refractivity contribution < 1.29 is 22.7 Å². The van der Waals surface area contributed by atoms with Crippen molar-refractivity contribution in [3.8, 4) is 5.75 Å². The minimum absolute atomic E-state index is 0.0465. The molecule has 2 amide bonds. The Morgan fingerprint density at radius 1 is 0.975 bits per heavy atom. The van der Waals surface area contributed by atoms with Crippen molar-refractivity contribution in [1.82, 2.24) is 10.2 Å². The van der Waals surface area contributed by atoms with E-state index < -0.39 is 28.5 Å². The van der Waals surface area contributed by atoms with Crippen molar-refractivity contribution in [2.75, 3.05) is 18.0 Å². The number of carbonyl (C=O) groups is 2. The Kier molecular flexibility index (Phi) is 10.2. The van der Waals surface area contributed by atoms with Crippen LogP contribution in [0, 0.1) is 13.8 Å². The highest BCUT2D eigenvalue weighted by atomic mass is 35.5. The molecule has 40 heavy (non-hydrogen) atoms. The molecule has 214 valence electrons. The zero-order chi connectivity index (χ0) is 29.6. The van der Waals surface area contributed by atoms with Crippen LogP contribution in [0.5, 0.6) is 5.75 Å². The van der Waals surface area contributed by atoms with Crippen LogP contribution in [0.15, 0.2) is 71.6 Å². The molecule has 0 aliphatic rings. The maximum Gasteiger partial charge on any atom is 0.264 e. The first-order chi connectivity index (χ1) is 18.8. The Morgan fingerprint density at radius 2 is 1.65 bits per heavy atom. The lowest BCUT2D eigenvalue weighted by molar-refractivity contribution is -0.139. The molecule has 0 bridgehead atoms. The van der Waals surface area contributed by atoms with Gasteiger partial charge in [-0.05, 0) is 88.2 Å². The van der Waals surface area contributed by atoms with E-state index >= 15 is 0 Å². The number of halogens is 1. The fourth-order valence-electron chi connectivity index (χ4n) is 4.20. The van der Waals surface area contributed by atoms with E-state index in [2.05, 4.69) is 5.32 Å². The van der Waals surface area contributed by atoms with E-state index in [-0.39, 0.29) is 23.4 Å². The summed E-state index contributed by atoms with van der Waals surface area (Å²) in [7, 11) is -2.62. The summed E-state index contributed by atoms with van der Waals surface area (Å²) in [4.78, 5) is 28.5. The lowest BCUT2D eigenvalue weighted by Gasteiger charge is -2.32. The second-order valence-corrected chi connectivity index (χ2v) is 12.3. The van der Waals surface area contributed by atoms with Crippen LogP contribution in [0.2, 0.25) is 5.02 Å². The van der Waals surface area contributed by atoms with E-state index in [1.165, 1.54) is 17.0 Å². The Morgan fingerprint density at radius 3 is 2.25 bits per heavy atom. The van der Waals surface area contributed by atoms with Crippen molar-refractivity contribution in [3.63, 3.8) is 0 Å². The summed E-state index contributed by atoms with van der Waals surface area (Å²) in [5.74, 6) is -0.286. The van der Waals surface area contributed by atoms with E-state index in [1.54, 1.807) is 69.5 Å². The zero-order valence-electron chi connectivity index (χ0n) is 23.6. The van der Waals surface area contributed by atoms with E-state index in [0.717, 1.165) is 15.4 Å². The molecule has 10 heteroatoms. The Balaban J connectivity index is 2.07. The molecule has 1 N–H and O–H groups in total. The summed E-state index contributed by atoms with van der Waals surface area (Å²) in [6, 6.07) is 17.4. The summed E-state index contributed by atoms with van der Waals surface area (Å²) >= 11 is 6.16. The van der Waals surface area contributed by atoms with Gasteiger partial charge < -0.3 is 15.0 Å². The number of rotatable bonds is 11. The average Bonchev–Trinajstić information content (AvgIpc) is 2.90. The number of hydrogen-bond acceptors (Lipinski definition) is 5. The second-order valence-electron chi connectivity index (χ2n) is 9.97. The number of hydrogen-bond donors (Lipinski definition) is 1. The summed E-state index contributed by atoms with van der Waals surface area (Å²) in [5.41, 5.74) is 2.53. The molecule has 3 rings (SSSR count). The number of ether oxygens (including phenoxy) is 1. The third-order valence-corrected chi connectivity index (χ3v) is 8.41. The maximum atomic E-state index is 14.0. The first-order valence-corrected chi connectivity index (χ1v) is 14.7. The molecular formula is C30H36ClN3O5S. The largest absolute Gasteiger partial charge is 0.497 e. The normalized spacial score (nSPS) is 12.1. The van der Waals surface area contributed by atoms with Crippen LogP contribution in [0.25, 0.3) is 0 Å². The predicted octanol–water partition coefficient (Wildman–Crippen LogP) is 5.10. The number of aryl methyl sites for hydroxylation is 2. The topological polar surface area (TPSA) is 96.0 Å². The molecular weight excluding hydrogens is 550 g/mol. The number of amides is 2. The van der Waals surface area contributed by atoms with Gasteiger partial charge in [0.05, 0.1) is 17.7 Å². The number of nitrogens with zero attached hydrogens (tertiary/aromatic N) is 2. The van der Waals surface area contributed by atoms with Crippen LogP contribution in [-0.4, -0.2) is 50.9 Å². The van der Waals surface area contributed by atoms with Gasteiger partial charge in [0.1, 0.15) is 18.3 Å². The fraction of sp³-hybridized carbons (Fsp3) is 0.333. The average molecular weight is 586 g/mol. The fourth-order valence-corrected chi connectivity index (χ4v) is 5.91. The van der Waals surface area contributed by atoms with Crippen molar-refractivity contribution in [2.45, 2.75) is 58.1 Å². The van der Waals surface area contributed by atoms with Crippen LogP contribution in [0.1, 0.15) is 37.5 Å². The van der Waals surface area contributed by atoms with Crippen LogP contribution < -0.4 is 14.4 Å². The Hall–Kier alpha value is -3.56. The molecule has 3 aromatic carbocycles. The molecule has 0 heterocycles. The molecule has 0 fully saturated rings. The number of benzene rings is 3. The molecule has 0 aliphatic heterocycles. The van der Waals surface area contributed by atoms with Gasteiger partial charge in [-0.2, -0.15) is 0 Å². The lowest BCUT2D eigenvalue weighted by Crippen LogP contribution is -2.52. The third kappa shape index (κ3) is 7.55. The SMILES string of the molecule is COc1cccc(CN(C(=O)CN(c2ccc(Cl)cc2C)S(=O)(=O)c2ccc(C)cc2)[C@@H](C)C(=O)NC(C)C)c1. The smallest absolute Gasteiger partial charge is 0.264 e. The lowest BCUT2D eigenvalue weighted by atomic mass is 10.1. The van der Waals surface area contributed by atoms with E-state index in [4.69, 9.17) is 16.3 Å². The van der Waals surface area contributed by atoms with Crippen LogP contribution in [0.3, 0.4) is 0 Å². The van der Waals surface area contributed by atoms with Crippen molar-refractivity contribution >= 4 is 39.1 Å². The number of sulfonamides is 1. The Bertz CT molecular complexity index is 1460. The predicted molar refractivity (Wildman–Crippen MR) is 158 cm³/mol. The number of nitrogens with one attached hydrogen (secondary N) is 1. The van der Waals surface area contributed by atoms with Gasteiger partial charge in [-0.1, -0.05) is 41.4 Å². The third-order valence-electron chi connectivity index (χ3n) is 6.40. The molecule has 0 aliphatic carbocycles. The van der Waals surface area contributed by atoms with Gasteiger partial charge in [-0.3, -0.25) is 13.9 Å². The molecule has 0 radical (unpaired) electrons. The minimum Gasteiger partial charge on any atom is -0.497 e. The Labute approximate surface area is 241 Å². The van der Waals surface area contributed by atoms with Crippen LogP contribution >= 0.6 is 11.6 Å². The molecule has 0 unspecified atom stereocenters. The summed E-state index contributed by atoms with van der Waals surface area (Å²) in [6.07, 6.45) is 0. The van der Waals surface area contributed by atoms with Gasteiger partial charge in [0.2, 0.25) is 11.8 Å². The van der Waals surface area contributed by atoms with E-state index in [0.29, 0.717) is 22.0 Å². The highest BCUT2D eigenvalue weighted by molar-refractivity contribution is 7.92. The van der Waals surface area contributed by atoms with Crippen molar-refractivity contribution in [3.05, 3.63) is 88.4 Å². The first-order valence-electron chi connectivity index (χ1n) is 12.9. The summed E-state index contributed by atoms with van der Waals surface area (Å²) < 4.78 is 34.3. The molecule has 0 saturated heterocycles. The second kappa shape index (κ2) is 13.2. The van der Waals surface area contributed by atoms with Gasteiger partial charge in [0, 0.05) is 17.6 Å². The van der Waals surface area contributed by atoms with Gasteiger partial charge in [0.15, 0.2) is 0 Å². The number of methoxy groups -OCH3 is 1. The molecule has 1 atom stereocenters. The highest BCUT2D eigenvalue weighted by Gasteiger charge is 2.33. The summed E-state index contributed by atoms with van der Waals surface area (Å²) in [6.45, 7) is 8.43. The molecule has 3 aromatic rings. The maximum absolute atomic E-state index is 14.0. The first kappa shape index (κ1) is 31.0. The van der Waals surface area contributed by atoms with Gasteiger partial charge in [-0.15, -0.1) is 0 Å². The van der Waals surface area contributed by atoms with Gasteiger partial charge in [0.25, 0.3) is 10.0 Å². The zero-order valence-corrected chi connectivity index (χ0v) is 25.2. The molecule has 0 saturated carbocycles. The monoisotopic (exact) mass is 585 g/mol. The van der Waals surface area contributed by atoms with Crippen LogP contribution in [-0.2, 0) is 26.2 Å². The number of anilines is 1. The standard InChI is InChI=1S/C30H36ClN3O5S/c1-20(2)32-30(36)23(5)33(18-24-8-7-9-26(17-24)39-6)29(35)19-34(28-15-12-25(31)16-22(28)4)40(37,38)27-13-10-21(3)11-14-27/h7-17,20,23H,18-19H2,1-6H3,(H,32,36)/t23-/m0/s1. The van der Waals surface area contributed by atoms with E-state index in [1.807, 2.05) is 26.8 Å². The number of carbonyl (C=O) groups excluding carboxylic acids is 2. The van der Waals surface area contributed by atoms with Crippen molar-refractivity contribution in [2.24, 2.45) is 0 Å². The molecule has 0 spiro atoms. The summed E-state index contributed by atoms with van der Waals surface area (Å²) in [5, 5.41) is 3.29. The molecule has 8 nitrogen and oxygen atoms in total. The van der Waals surface area contributed by atoms with Crippen molar-refractivity contribution in [1.29, 1.82) is 0 Å². The minimum atomic E-state index is -4.16.